The van der Waals surface area contributed by atoms with Crippen molar-refractivity contribution < 1.29 is 4.79 Å². The molecule has 4 nitrogen and oxygen atoms in total. The van der Waals surface area contributed by atoms with E-state index in [0.717, 1.165) is 32.7 Å². The van der Waals surface area contributed by atoms with Crippen molar-refractivity contribution >= 4 is 23.4 Å². The molecule has 0 unspecified atom stereocenters. The smallest absolute Gasteiger partial charge is 0.228 e. The molecule has 0 atom stereocenters. The Bertz CT molecular complexity index is 885. The summed E-state index contributed by atoms with van der Waals surface area (Å²) in [5.41, 5.74) is 4.90. The molecule has 0 saturated heterocycles. The number of carbonyl (C=O) groups excluding carboxylic acids is 1. The Hall–Kier alpha value is -2.66. The van der Waals surface area contributed by atoms with E-state index in [2.05, 4.69) is 15.3 Å². The minimum Gasteiger partial charge on any atom is -0.326 e. The summed E-state index contributed by atoms with van der Waals surface area (Å²) in [6.07, 6.45) is 0.368. The molecule has 0 fully saturated rings. The van der Waals surface area contributed by atoms with Crippen LogP contribution in [0.25, 0.3) is 0 Å². The zero-order valence-electron chi connectivity index (χ0n) is 15.1. The lowest BCUT2D eigenvalue weighted by atomic mass is 10.1. The standard InChI is InChI=1S/C21H21N3OS/c1-14-4-6-17(7-5-14)13-20(25)24-18-8-10-19(11-9-18)26-21-22-15(2)12-16(3)23-21/h4-12H,13H2,1-3H3,(H,24,25). The Morgan fingerprint density at radius 1 is 0.923 bits per heavy atom. The third-order valence-electron chi connectivity index (χ3n) is 3.79. The fourth-order valence-electron chi connectivity index (χ4n) is 2.55. The predicted molar refractivity (Wildman–Crippen MR) is 106 cm³/mol. The zero-order valence-corrected chi connectivity index (χ0v) is 15.9. The van der Waals surface area contributed by atoms with Crippen LogP contribution in [0, 0.1) is 20.8 Å². The molecule has 26 heavy (non-hydrogen) atoms. The Morgan fingerprint density at radius 2 is 1.54 bits per heavy atom. The number of nitrogens with one attached hydrogen (secondary N) is 1. The van der Waals surface area contributed by atoms with Crippen LogP contribution >= 0.6 is 11.8 Å². The molecule has 5 heteroatoms. The van der Waals surface area contributed by atoms with Crippen LogP contribution in [0.5, 0.6) is 0 Å². The summed E-state index contributed by atoms with van der Waals surface area (Å²) in [5.74, 6) is -0.0214. The number of rotatable bonds is 5. The SMILES string of the molecule is Cc1ccc(CC(=O)Nc2ccc(Sc3nc(C)cc(C)n3)cc2)cc1. The third kappa shape index (κ3) is 5.17. The summed E-state index contributed by atoms with van der Waals surface area (Å²) in [6, 6.07) is 17.7. The van der Waals surface area contributed by atoms with Gasteiger partial charge in [0.15, 0.2) is 5.16 Å². The van der Waals surface area contributed by atoms with Crippen molar-refractivity contribution in [2.24, 2.45) is 0 Å². The van der Waals surface area contributed by atoms with Crippen molar-refractivity contribution in [2.45, 2.75) is 37.2 Å². The number of carbonyl (C=O) groups is 1. The molecule has 0 spiro atoms. The van der Waals surface area contributed by atoms with Gasteiger partial charge in [0.05, 0.1) is 6.42 Å². The lowest BCUT2D eigenvalue weighted by molar-refractivity contribution is -0.115. The van der Waals surface area contributed by atoms with E-state index in [4.69, 9.17) is 0 Å². The van der Waals surface area contributed by atoms with Gasteiger partial charge in [-0.1, -0.05) is 29.8 Å². The Balaban J connectivity index is 1.60. The van der Waals surface area contributed by atoms with Gasteiger partial charge < -0.3 is 5.32 Å². The van der Waals surface area contributed by atoms with Crippen LogP contribution in [0.2, 0.25) is 0 Å². The number of hydrogen-bond acceptors (Lipinski definition) is 4. The maximum atomic E-state index is 12.2. The molecule has 0 saturated carbocycles. The highest BCUT2D eigenvalue weighted by molar-refractivity contribution is 7.99. The average molecular weight is 363 g/mol. The van der Waals surface area contributed by atoms with Gasteiger partial charge in [0.2, 0.25) is 5.91 Å². The van der Waals surface area contributed by atoms with Gasteiger partial charge in [-0.2, -0.15) is 0 Å². The molecule has 3 aromatic rings. The first-order chi connectivity index (χ1) is 12.5. The van der Waals surface area contributed by atoms with Crippen molar-refractivity contribution in [1.29, 1.82) is 0 Å². The number of aromatic nitrogens is 2. The van der Waals surface area contributed by atoms with Gasteiger partial charge in [-0.15, -0.1) is 0 Å². The molecule has 2 aromatic carbocycles. The van der Waals surface area contributed by atoms with Crippen molar-refractivity contribution in [3.8, 4) is 0 Å². The largest absolute Gasteiger partial charge is 0.326 e. The van der Waals surface area contributed by atoms with Gasteiger partial charge >= 0.3 is 0 Å². The summed E-state index contributed by atoms with van der Waals surface area (Å²) in [6.45, 7) is 5.96. The second-order valence-corrected chi connectivity index (χ2v) is 7.31. The molecule has 1 aromatic heterocycles. The van der Waals surface area contributed by atoms with E-state index in [9.17, 15) is 4.79 Å². The van der Waals surface area contributed by atoms with E-state index in [1.807, 2.05) is 75.4 Å². The highest BCUT2D eigenvalue weighted by atomic mass is 32.2. The van der Waals surface area contributed by atoms with Gasteiger partial charge in [0, 0.05) is 22.0 Å². The van der Waals surface area contributed by atoms with Crippen LogP contribution in [0.3, 0.4) is 0 Å². The number of amides is 1. The zero-order chi connectivity index (χ0) is 18.5. The van der Waals surface area contributed by atoms with Gasteiger partial charge in [0.25, 0.3) is 0 Å². The van der Waals surface area contributed by atoms with Crippen LogP contribution in [0.4, 0.5) is 5.69 Å². The molecule has 0 radical (unpaired) electrons. The summed E-state index contributed by atoms with van der Waals surface area (Å²) >= 11 is 1.51. The first-order valence-corrected chi connectivity index (χ1v) is 9.25. The van der Waals surface area contributed by atoms with E-state index in [0.29, 0.717) is 6.42 Å². The number of aryl methyl sites for hydroxylation is 3. The van der Waals surface area contributed by atoms with E-state index < -0.39 is 0 Å². The van der Waals surface area contributed by atoms with Gasteiger partial charge in [0.1, 0.15) is 0 Å². The minimum atomic E-state index is -0.0214. The van der Waals surface area contributed by atoms with Crippen LogP contribution in [-0.2, 0) is 11.2 Å². The lowest BCUT2D eigenvalue weighted by Crippen LogP contribution is -2.14. The van der Waals surface area contributed by atoms with Gasteiger partial charge in [-0.25, -0.2) is 9.97 Å². The van der Waals surface area contributed by atoms with Gasteiger partial charge in [-0.05, 0) is 68.4 Å². The maximum absolute atomic E-state index is 12.2. The number of nitrogens with zero attached hydrogens (tertiary/aromatic N) is 2. The quantitative estimate of drug-likeness (QED) is 0.666. The molecule has 1 amide bonds. The number of benzene rings is 2. The molecule has 1 heterocycles. The summed E-state index contributed by atoms with van der Waals surface area (Å²) < 4.78 is 0. The fraction of sp³-hybridized carbons (Fsp3) is 0.190. The second kappa shape index (κ2) is 8.15. The third-order valence-corrected chi connectivity index (χ3v) is 4.67. The van der Waals surface area contributed by atoms with Gasteiger partial charge in [-0.3, -0.25) is 4.79 Å². The first kappa shape index (κ1) is 18.1. The number of anilines is 1. The van der Waals surface area contributed by atoms with Crippen molar-refractivity contribution in [3.05, 3.63) is 77.1 Å². The molecule has 0 bridgehead atoms. The van der Waals surface area contributed by atoms with Crippen LogP contribution in [0.15, 0.2) is 64.6 Å². The Labute approximate surface area is 158 Å². The Morgan fingerprint density at radius 3 is 2.15 bits per heavy atom. The summed E-state index contributed by atoms with van der Waals surface area (Å²) in [4.78, 5) is 22.1. The van der Waals surface area contributed by atoms with Crippen molar-refractivity contribution in [3.63, 3.8) is 0 Å². The fourth-order valence-corrected chi connectivity index (χ4v) is 3.41. The highest BCUT2D eigenvalue weighted by Gasteiger charge is 2.06. The summed E-state index contributed by atoms with van der Waals surface area (Å²) in [5, 5.41) is 3.67. The molecule has 1 N–H and O–H groups in total. The average Bonchev–Trinajstić information content (AvgIpc) is 2.58. The first-order valence-electron chi connectivity index (χ1n) is 8.43. The highest BCUT2D eigenvalue weighted by Crippen LogP contribution is 2.26. The minimum absolute atomic E-state index is 0.0214. The molecule has 132 valence electrons. The van der Waals surface area contributed by atoms with Crippen molar-refractivity contribution in [1.82, 2.24) is 9.97 Å². The van der Waals surface area contributed by atoms with E-state index >= 15 is 0 Å². The molecule has 0 aliphatic heterocycles. The predicted octanol–water partition coefficient (Wildman–Crippen LogP) is 4.73. The molecule has 0 aliphatic rings. The van der Waals surface area contributed by atoms with Crippen LogP contribution < -0.4 is 5.32 Å². The van der Waals surface area contributed by atoms with Crippen molar-refractivity contribution in [2.75, 3.05) is 5.32 Å². The van der Waals surface area contributed by atoms with Crippen LogP contribution in [0.1, 0.15) is 22.5 Å². The number of hydrogen-bond donors (Lipinski definition) is 1. The summed E-state index contributed by atoms with van der Waals surface area (Å²) in [7, 11) is 0. The molecule has 3 rings (SSSR count). The molecule has 0 aliphatic carbocycles. The topological polar surface area (TPSA) is 54.9 Å². The molecular weight excluding hydrogens is 342 g/mol. The van der Waals surface area contributed by atoms with Crippen LogP contribution in [-0.4, -0.2) is 15.9 Å². The normalized spacial score (nSPS) is 10.6. The lowest BCUT2D eigenvalue weighted by Gasteiger charge is -2.07. The van der Waals surface area contributed by atoms with E-state index in [1.54, 1.807) is 0 Å². The van der Waals surface area contributed by atoms with E-state index in [1.165, 1.54) is 17.3 Å². The Kier molecular flexibility index (Phi) is 5.68. The molecular formula is C21H21N3OS. The monoisotopic (exact) mass is 363 g/mol. The second-order valence-electron chi connectivity index (χ2n) is 6.27. The maximum Gasteiger partial charge on any atom is 0.228 e. The van der Waals surface area contributed by atoms with E-state index in [-0.39, 0.29) is 5.91 Å².